The lowest BCUT2D eigenvalue weighted by molar-refractivity contribution is -0.142. The van der Waals surface area contributed by atoms with Crippen LogP contribution in [0, 0.1) is 0 Å². The number of carboxylic acid groups (broad SMARTS) is 1. The number of hydrogen-bond acceptors (Lipinski definition) is 6. The molecule has 3 unspecified atom stereocenters. The van der Waals surface area contributed by atoms with Crippen LogP contribution < -0.4 is 5.32 Å². The smallest absolute Gasteiger partial charge is 0.327 e. The Labute approximate surface area is 133 Å². The number of thioether (sulfide) groups is 1. The Morgan fingerprint density at radius 3 is 2.73 bits per heavy atom. The first-order chi connectivity index (χ1) is 10.4. The van der Waals surface area contributed by atoms with Crippen molar-refractivity contribution in [3.8, 4) is 0 Å². The summed E-state index contributed by atoms with van der Waals surface area (Å²) in [6, 6.07) is -0.965. The molecule has 0 spiro atoms. The average Bonchev–Trinajstić information content (AvgIpc) is 2.79. The minimum absolute atomic E-state index is 0.0859. The van der Waals surface area contributed by atoms with Crippen LogP contribution in [-0.2, 0) is 19.1 Å². The zero-order chi connectivity index (χ0) is 16.5. The second kappa shape index (κ2) is 9.68. The monoisotopic (exact) mass is 333 g/mol. The van der Waals surface area contributed by atoms with Gasteiger partial charge in [-0.15, -0.1) is 0 Å². The number of carbonyl (C=O) groups excluding carboxylic acids is 2. The first-order valence-electron chi connectivity index (χ1n) is 7.36. The molecule has 8 heteroatoms. The Kier molecular flexibility index (Phi) is 8.26. The number of carboxylic acids is 1. The van der Waals surface area contributed by atoms with Gasteiger partial charge >= 0.3 is 11.9 Å². The molecule has 0 aliphatic carbocycles. The minimum Gasteiger partial charge on any atom is -0.480 e. The van der Waals surface area contributed by atoms with Gasteiger partial charge in [0, 0.05) is 19.3 Å². The van der Waals surface area contributed by atoms with Crippen LogP contribution in [0.25, 0.3) is 0 Å². The van der Waals surface area contributed by atoms with Gasteiger partial charge in [-0.05, 0) is 19.3 Å². The highest BCUT2D eigenvalue weighted by Gasteiger charge is 2.35. The summed E-state index contributed by atoms with van der Waals surface area (Å²) < 4.78 is 5.27. The number of rotatable bonds is 10. The van der Waals surface area contributed by atoms with Crippen molar-refractivity contribution >= 4 is 29.6 Å². The van der Waals surface area contributed by atoms with Crippen LogP contribution in [0.3, 0.4) is 0 Å². The van der Waals surface area contributed by atoms with Crippen LogP contribution in [0.5, 0.6) is 0 Å². The van der Waals surface area contributed by atoms with Crippen LogP contribution in [0.2, 0.25) is 0 Å². The van der Waals surface area contributed by atoms with Crippen LogP contribution in [0.1, 0.15) is 39.0 Å². The molecule has 7 nitrogen and oxygen atoms in total. The molecule has 22 heavy (non-hydrogen) atoms. The minimum atomic E-state index is -1.09. The summed E-state index contributed by atoms with van der Waals surface area (Å²) in [5.74, 6) is -1.56. The van der Waals surface area contributed by atoms with E-state index in [0.29, 0.717) is 6.42 Å². The molecule has 3 N–H and O–H groups in total. The van der Waals surface area contributed by atoms with Gasteiger partial charge in [-0.1, -0.05) is 6.42 Å². The molecule has 0 radical (unpaired) electrons. The van der Waals surface area contributed by atoms with Gasteiger partial charge < -0.3 is 20.3 Å². The normalized spacial score (nSPS) is 22.2. The zero-order valence-corrected chi connectivity index (χ0v) is 13.4. The Balaban J connectivity index is 2.44. The standard InChI is InChI=1S/C14H23NO6S/c1-9(17)15-10(14(19)20)8-22-12-7-13(18)21-11(12)5-3-2-4-6-16/h10-12,16H,2-8H2,1H3,(H,15,17)(H,19,20). The van der Waals surface area contributed by atoms with E-state index in [9.17, 15) is 14.4 Å². The molecule has 0 aromatic rings. The molecule has 1 aliphatic heterocycles. The van der Waals surface area contributed by atoms with Gasteiger partial charge in [0.2, 0.25) is 5.91 Å². The molecule has 1 saturated heterocycles. The predicted molar refractivity (Wildman–Crippen MR) is 81.5 cm³/mol. The van der Waals surface area contributed by atoms with Crippen molar-refractivity contribution in [2.75, 3.05) is 12.4 Å². The Morgan fingerprint density at radius 1 is 1.41 bits per heavy atom. The summed E-state index contributed by atoms with van der Waals surface area (Å²) in [7, 11) is 0. The quantitative estimate of drug-likeness (QED) is 0.395. The SMILES string of the molecule is CC(=O)NC(CSC1CC(=O)OC1CCCCCO)C(=O)O. The second-order valence-corrected chi connectivity index (χ2v) is 6.54. The zero-order valence-electron chi connectivity index (χ0n) is 12.6. The van der Waals surface area contributed by atoms with Gasteiger partial charge in [0.25, 0.3) is 0 Å². The number of cyclic esters (lactones) is 1. The van der Waals surface area contributed by atoms with Gasteiger partial charge in [-0.3, -0.25) is 9.59 Å². The number of hydrogen-bond donors (Lipinski definition) is 3. The molecule has 126 valence electrons. The fourth-order valence-electron chi connectivity index (χ4n) is 2.27. The molecule has 1 fully saturated rings. The van der Waals surface area contributed by atoms with Gasteiger partial charge in [0.1, 0.15) is 12.1 Å². The highest BCUT2D eigenvalue weighted by Crippen LogP contribution is 2.31. The van der Waals surface area contributed by atoms with E-state index < -0.39 is 17.9 Å². The maximum absolute atomic E-state index is 11.4. The molecule has 3 atom stereocenters. The largest absolute Gasteiger partial charge is 0.480 e. The Hall–Kier alpha value is -1.28. The molecule has 0 aromatic carbocycles. The summed E-state index contributed by atoms with van der Waals surface area (Å²) in [5.41, 5.74) is 0. The van der Waals surface area contributed by atoms with E-state index in [1.807, 2.05) is 0 Å². The number of carbonyl (C=O) groups is 3. The molecule has 1 aliphatic rings. The van der Waals surface area contributed by atoms with E-state index in [2.05, 4.69) is 5.32 Å². The van der Waals surface area contributed by atoms with E-state index in [0.717, 1.165) is 19.3 Å². The highest BCUT2D eigenvalue weighted by molar-refractivity contribution is 8.00. The van der Waals surface area contributed by atoms with Crippen molar-refractivity contribution in [2.45, 2.75) is 56.4 Å². The fraction of sp³-hybridized carbons (Fsp3) is 0.786. The fourth-order valence-corrected chi connectivity index (χ4v) is 3.60. The van der Waals surface area contributed by atoms with Crippen LogP contribution >= 0.6 is 11.8 Å². The topological polar surface area (TPSA) is 113 Å². The van der Waals surface area contributed by atoms with Crippen molar-refractivity contribution in [3.63, 3.8) is 0 Å². The molecule has 1 amide bonds. The van der Waals surface area contributed by atoms with E-state index in [4.69, 9.17) is 14.9 Å². The summed E-state index contributed by atoms with van der Waals surface area (Å²) >= 11 is 1.35. The molecular weight excluding hydrogens is 310 g/mol. The number of esters is 1. The van der Waals surface area contributed by atoms with Gasteiger partial charge in [-0.25, -0.2) is 4.79 Å². The average molecular weight is 333 g/mol. The molecular formula is C14H23NO6S. The van der Waals surface area contributed by atoms with Gasteiger partial charge in [-0.2, -0.15) is 11.8 Å². The Bertz CT molecular complexity index is 403. The summed E-state index contributed by atoms with van der Waals surface area (Å²) in [4.78, 5) is 33.5. The number of ether oxygens (including phenoxy) is 1. The first kappa shape index (κ1) is 18.8. The second-order valence-electron chi connectivity index (χ2n) is 5.27. The van der Waals surface area contributed by atoms with Crippen LogP contribution in [0.4, 0.5) is 0 Å². The van der Waals surface area contributed by atoms with Gasteiger partial charge in [0.05, 0.1) is 11.7 Å². The summed E-state index contributed by atoms with van der Waals surface area (Å²) in [6.45, 7) is 1.42. The van der Waals surface area contributed by atoms with Crippen molar-refractivity contribution in [1.29, 1.82) is 0 Å². The lowest BCUT2D eigenvalue weighted by Gasteiger charge is -2.19. The summed E-state index contributed by atoms with van der Waals surface area (Å²) in [5, 5.41) is 20.1. The third-order valence-electron chi connectivity index (χ3n) is 3.36. The molecule has 0 aromatic heterocycles. The first-order valence-corrected chi connectivity index (χ1v) is 8.40. The third-order valence-corrected chi connectivity index (χ3v) is 4.79. The number of nitrogens with one attached hydrogen (secondary N) is 1. The van der Waals surface area contributed by atoms with E-state index in [1.54, 1.807) is 0 Å². The van der Waals surface area contributed by atoms with Crippen molar-refractivity contribution in [2.24, 2.45) is 0 Å². The van der Waals surface area contributed by atoms with Crippen LogP contribution in [0.15, 0.2) is 0 Å². The van der Waals surface area contributed by atoms with Crippen molar-refractivity contribution in [1.82, 2.24) is 5.32 Å². The number of unbranched alkanes of at least 4 members (excludes halogenated alkanes) is 2. The van der Waals surface area contributed by atoms with Crippen molar-refractivity contribution in [3.05, 3.63) is 0 Å². The maximum atomic E-state index is 11.4. The number of aliphatic carboxylic acids is 1. The molecule has 0 bridgehead atoms. The van der Waals surface area contributed by atoms with E-state index in [-0.39, 0.29) is 36.1 Å². The van der Waals surface area contributed by atoms with Crippen molar-refractivity contribution < 1.29 is 29.3 Å². The number of aliphatic hydroxyl groups excluding tert-OH is 1. The molecule has 1 heterocycles. The van der Waals surface area contributed by atoms with Gasteiger partial charge in [0.15, 0.2) is 0 Å². The van der Waals surface area contributed by atoms with Crippen LogP contribution in [-0.4, -0.2) is 57.8 Å². The Morgan fingerprint density at radius 2 is 2.14 bits per heavy atom. The predicted octanol–water partition coefficient (Wildman–Crippen LogP) is 0.546. The molecule has 0 saturated carbocycles. The lowest BCUT2D eigenvalue weighted by atomic mass is 10.1. The highest BCUT2D eigenvalue weighted by atomic mass is 32.2. The number of aliphatic hydroxyl groups is 1. The molecule has 1 rings (SSSR count). The number of amides is 1. The lowest BCUT2D eigenvalue weighted by Crippen LogP contribution is -2.42. The third kappa shape index (κ3) is 6.65. The van der Waals surface area contributed by atoms with E-state index >= 15 is 0 Å². The summed E-state index contributed by atoms with van der Waals surface area (Å²) in [6.07, 6.45) is 3.20. The van der Waals surface area contributed by atoms with E-state index in [1.165, 1.54) is 18.7 Å². The maximum Gasteiger partial charge on any atom is 0.327 e.